The Labute approximate surface area is 149 Å². The normalized spacial score (nSPS) is 19.0. The topological polar surface area (TPSA) is 58.4 Å². The summed E-state index contributed by atoms with van der Waals surface area (Å²) in [4.78, 5) is 18.9. The van der Waals surface area contributed by atoms with E-state index in [1.165, 1.54) is 5.56 Å². The Morgan fingerprint density at radius 2 is 2.12 bits per heavy atom. The average molecular weight is 341 g/mol. The van der Waals surface area contributed by atoms with Gasteiger partial charge in [-0.2, -0.15) is 0 Å². The number of aliphatic hydroxyl groups excluding tert-OH is 1. The molecule has 1 aliphatic heterocycles. The molecular weight excluding hydrogens is 314 g/mol. The highest BCUT2D eigenvalue weighted by atomic mass is 16.3. The third-order valence-corrected chi connectivity index (χ3v) is 5.05. The van der Waals surface area contributed by atoms with Crippen LogP contribution >= 0.6 is 0 Å². The van der Waals surface area contributed by atoms with Gasteiger partial charge < -0.3 is 14.6 Å². The van der Waals surface area contributed by atoms with E-state index in [1.54, 1.807) is 6.20 Å². The van der Waals surface area contributed by atoms with Gasteiger partial charge in [-0.1, -0.05) is 25.5 Å². The molecule has 2 aromatic rings. The van der Waals surface area contributed by atoms with Gasteiger partial charge in [0.25, 0.3) is 5.91 Å². The lowest BCUT2D eigenvalue weighted by molar-refractivity contribution is 0.0358. The summed E-state index contributed by atoms with van der Waals surface area (Å²) in [6.07, 6.45) is 6.86. The van der Waals surface area contributed by atoms with Crippen molar-refractivity contribution in [1.82, 2.24) is 14.5 Å². The maximum Gasteiger partial charge on any atom is 0.253 e. The highest BCUT2D eigenvalue weighted by Gasteiger charge is 2.31. The predicted octanol–water partition coefficient (Wildman–Crippen LogP) is 2.96. The maximum absolute atomic E-state index is 12.8. The number of aliphatic hydroxyl groups is 1. The van der Waals surface area contributed by atoms with Gasteiger partial charge >= 0.3 is 0 Å². The van der Waals surface area contributed by atoms with Crippen molar-refractivity contribution in [2.24, 2.45) is 13.0 Å². The fourth-order valence-electron chi connectivity index (χ4n) is 3.61. The van der Waals surface area contributed by atoms with Crippen molar-refractivity contribution in [2.45, 2.75) is 38.7 Å². The molecule has 2 heterocycles. The molecule has 1 aliphatic rings. The van der Waals surface area contributed by atoms with E-state index in [9.17, 15) is 9.90 Å². The van der Waals surface area contributed by atoms with E-state index in [0.717, 1.165) is 37.8 Å². The van der Waals surface area contributed by atoms with Crippen LogP contribution in [0.5, 0.6) is 0 Å². The average Bonchev–Trinajstić information content (AvgIpc) is 3.07. The molecule has 1 fully saturated rings. The Morgan fingerprint density at radius 3 is 2.76 bits per heavy atom. The zero-order valence-corrected chi connectivity index (χ0v) is 15.1. The van der Waals surface area contributed by atoms with Gasteiger partial charge in [0, 0.05) is 44.0 Å². The second kappa shape index (κ2) is 7.83. The summed E-state index contributed by atoms with van der Waals surface area (Å²) in [5, 5.41) is 10.7. The highest BCUT2D eigenvalue weighted by Crippen LogP contribution is 2.29. The predicted molar refractivity (Wildman–Crippen MR) is 97.2 cm³/mol. The Balaban J connectivity index is 1.68. The molecule has 5 heteroatoms. The summed E-state index contributed by atoms with van der Waals surface area (Å²) in [6, 6.07) is 7.93. The molecule has 25 heavy (non-hydrogen) atoms. The number of aryl methyl sites for hydroxylation is 2. The van der Waals surface area contributed by atoms with Crippen LogP contribution in [0.15, 0.2) is 36.7 Å². The summed E-state index contributed by atoms with van der Waals surface area (Å²) in [7, 11) is 1.88. The SMILES string of the molecule is CCCc1ccc(C(=O)N2CCCC(C(O)c3nccn3C)C2)cc1. The van der Waals surface area contributed by atoms with Crippen LogP contribution in [0.3, 0.4) is 0 Å². The van der Waals surface area contributed by atoms with Crippen LogP contribution < -0.4 is 0 Å². The van der Waals surface area contributed by atoms with Gasteiger partial charge in [0.2, 0.25) is 0 Å². The smallest absolute Gasteiger partial charge is 0.253 e. The zero-order valence-electron chi connectivity index (χ0n) is 15.1. The Bertz CT molecular complexity index is 708. The number of hydrogen-bond donors (Lipinski definition) is 1. The second-order valence-electron chi connectivity index (χ2n) is 6.94. The lowest BCUT2D eigenvalue weighted by atomic mass is 9.91. The minimum atomic E-state index is -0.637. The van der Waals surface area contributed by atoms with Crippen molar-refractivity contribution >= 4 is 5.91 Å². The fraction of sp³-hybridized carbons (Fsp3) is 0.500. The molecule has 1 N–H and O–H groups in total. The number of imidazole rings is 1. The van der Waals surface area contributed by atoms with Crippen LogP contribution in [0.2, 0.25) is 0 Å². The molecule has 0 spiro atoms. The van der Waals surface area contributed by atoms with E-state index in [1.807, 2.05) is 47.0 Å². The first-order valence-corrected chi connectivity index (χ1v) is 9.13. The van der Waals surface area contributed by atoms with Crippen molar-refractivity contribution in [3.8, 4) is 0 Å². The number of carbonyl (C=O) groups excluding carboxylic acids is 1. The van der Waals surface area contributed by atoms with Crippen molar-refractivity contribution in [1.29, 1.82) is 0 Å². The highest BCUT2D eigenvalue weighted by molar-refractivity contribution is 5.94. The van der Waals surface area contributed by atoms with Gasteiger partial charge in [-0.3, -0.25) is 4.79 Å². The van der Waals surface area contributed by atoms with Gasteiger partial charge in [0.1, 0.15) is 11.9 Å². The largest absolute Gasteiger partial charge is 0.385 e. The molecule has 0 radical (unpaired) electrons. The van der Waals surface area contributed by atoms with Crippen LogP contribution in [-0.2, 0) is 13.5 Å². The summed E-state index contributed by atoms with van der Waals surface area (Å²) >= 11 is 0. The van der Waals surface area contributed by atoms with Gasteiger partial charge in [-0.25, -0.2) is 4.98 Å². The third-order valence-electron chi connectivity index (χ3n) is 5.05. The first-order valence-electron chi connectivity index (χ1n) is 9.13. The number of likely N-dealkylation sites (tertiary alicyclic amines) is 1. The number of benzene rings is 1. The van der Waals surface area contributed by atoms with Crippen LogP contribution in [0.1, 0.15) is 54.0 Å². The summed E-state index contributed by atoms with van der Waals surface area (Å²) in [5.41, 5.74) is 1.99. The van der Waals surface area contributed by atoms with Crippen LogP contribution in [0.4, 0.5) is 0 Å². The molecule has 0 bridgehead atoms. The molecule has 1 aromatic heterocycles. The third kappa shape index (κ3) is 3.93. The molecule has 134 valence electrons. The first kappa shape index (κ1) is 17.7. The molecule has 0 saturated carbocycles. The van der Waals surface area contributed by atoms with E-state index in [-0.39, 0.29) is 11.8 Å². The standard InChI is InChI=1S/C20H27N3O2/c1-3-5-15-7-9-16(10-8-15)20(25)23-12-4-6-17(14-23)18(24)19-21-11-13-22(19)2/h7-11,13,17-18,24H,3-6,12,14H2,1-2H3. The van der Waals surface area contributed by atoms with Crippen molar-refractivity contribution in [3.05, 3.63) is 53.6 Å². The number of nitrogens with zero attached hydrogens (tertiary/aromatic N) is 3. The lowest BCUT2D eigenvalue weighted by Crippen LogP contribution is -2.42. The Kier molecular flexibility index (Phi) is 5.53. The van der Waals surface area contributed by atoms with Gasteiger partial charge in [-0.05, 0) is 37.0 Å². The van der Waals surface area contributed by atoms with Crippen LogP contribution in [0, 0.1) is 5.92 Å². The monoisotopic (exact) mass is 341 g/mol. The van der Waals surface area contributed by atoms with E-state index in [0.29, 0.717) is 12.4 Å². The molecule has 1 saturated heterocycles. The number of aromatic nitrogens is 2. The van der Waals surface area contributed by atoms with Crippen LogP contribution in [0.25, 0.3) is 0 Å². The van der Waals surface area contributed by atoms with E-state index in [4.69, 9.17) is 0 Å². The minimum absolute atomic E-state index is 0.0261. The Hall–Kier alpha value is -2.14. The molecule has 1 aromatic carbocycles. The lowest BCUT2D eigenvalue weighted by Gasteiger charge is -2.35. The second-order valence-corrected chi connectivity index (χ2v) is 6.94. The number of piperidine rings is 1. The molecule has 1 amide bonds. The number of carbonyl (C=O) groups is 1. The minimum Gasteiger partial charge on any atom is -0.385 e. The zero-order chi connectivity index (χ0) is 17.8. The quantitative estimate of drug-likeness (QED) is 0.909. The van der Waals surface area contributed by atoms with E-state index < -0.39 is 6.10 Å². The fourth-order valence-corrected chi connectivity index (χ4v) is 3.61. The summed E-state index contributed by atoms with van der Waals surface area (Å²) < 4.78 is 1.85. The summed E-state index contributed by atoms with van der Waals surface area (Å²) in [5.74, 6) is 0.751. The van der Waals surface area contributed by atoms with Gasteiger partial charge in [-0.15, -0.1) is 0 Å². The molecular formula is C20H27N3O2. The van der Waals surface area contributed by atoms with Gasteiger partial charge in [0.15, 0.2) is 0 Å². The Morgan fingerprint density at radius 1 is 1.36 bits per heavy atom. The molecule has 5 nitrogen and oxygen atoms in total. The number of hydrogen-bond acceptors (Lipinski definition) is 3. The summed E-state index contributed by atoms with van der Waals surface area (Å²) in [6.45, 7) is 3.47. The van der Waals surface area contributed by atoms with Gasteiger partial charge in [0.05, 0.1) is 0 Å². The van der Waals surface area contributed by atoms with Crippen molar-refractivity contribution in [3.63, 3.8) is 0 Å². The molecule has 2 atom stereocenters. The molecule has 3 rings (SSSR count). The van der Waals surface area contributed by atoms with E-state index >= 15 is 0 Å². The van der Waals surface area contributed by atoms with Crippen LogP contribution in [-0.4, -0.2) is 38.6 Å². The first-order chi connectivity index (χ1) is 12.1. The molecule has 0 aliphatic carbocycles. The van der Waals surface area contributed by atoms with E-state index in [2.05, 4.69) is 11.9 Å². The maximum atomic E-state index is 12.8. The number of rotatable bonds is 5. The molecule has 2 unspecified atom stereocenters. The number of amides is 1. The van der Waals surface area contributed by atoms with Crippen molar-refractivity contribution in [2.75, 3.05) is 13.1 Å². The van der Waals surface area contributed by atoms with Crippen molar-refractivity contribution < 1.29 is 9.90 Å².